The first kappa shape index (κ1) is 18.3. The van der Waals surface area contributed by atoms with E-state index in [4.69, 9.17) is 4.74 Å². The number of aliphatic hydroxyl groups excluding tert-OH is 1. The number of aliphatic hydroxyl groups is 1. The summed E-state index contributed by atoms with van der Waals surface area (Å²) in [5, 5.41) is 10.2. The average Bonchev–Trinajstić information content (AvgIpc) is 3.05. The van der Waals surface area contributed by atoms with Crippen LogP contribution in [0.4, 0.5) is 22.0 Å². The van der Waals surface area contributed by atoms with E-state index >= 15 is 0 Å². The minimum Gasteiger partial charge on any atom is -0.458 e. The molecule has 0 aromatic rings. The van der Waals surface area contributed by atoms with Gasteiger partial charge in [0.15, 0.2) is 12.0 Å². The van der Waals surface area contributed by atoms with Crippen molar-refractivity contribution < 1.29 is 46.1 Å². The summed E-state index contributed by atoms with van der Waals surface area (Å²) < 4.78 is 72.3. The van der Waals surface area contributed by atoms with Crippen molar-refractivity contribution in [2.75, 3.05) is 6.61 Å². The van der Waals surface area contributed by atoms with Gasteiger partial charge in [0.1, 0.15) is 6.10 Å². The molecule has 2 bridgehead atoms. The van der Waals surface area contributed by atoms with Crippen LogP contribution < -0.4 is 0 Å². The Bertz CT molecular complexity index is 604. The maximum Gasteiger partial charge on any atom is 0.456 e. The fraction of sp³-hybridized carbons (Fsp3) is 0.867. The van der Waals surface area contributed by atoms with Gasteiger partial charge in [-0.2, -0.15) is 22.0 Å². The fourth-order valence-electron chi connectivity index (χ4n) is 4.85. The topological polar surface area (TPSA) is 72.8 Å². The van der Waals surface area contributed by atoms with E-state index in [-0.39, 0.29) is 12.3 Å². The Labute approximate surface area is 139 Å². The summed E-state index contributed by atoms with van der Waals surface area (Å²) in [4.78, 5) is 24.9. The summed E-state index contributed by atoms with van der Waals surface area (Å²) in [5.41, 5.74) is -1.93. The molecule has 0 radical (unpaired) electrons. The van der Waals surface area contributed by atoms with Crippen molar-refractivity contribution in [1.29, 1.82) is 0 Å². The van der Waals surface area contributed by atoms with Gasteiger partial charge in [0, 0.05) is 5.92 Å². The number of hydrogen-bond donors (Lipinski definition) is 1. The monoisotopic (exact) mass is 372 g/mol. The Morgan fingerprint density at radius 3 is 2.48 bits per heavy atom. The van der Waals surface area contributed by atoms with Gasteiger partial charge < -0.3 is 14.6 Å². The minimum absolute atomic E-state index is 0.255. The quantitative estimate of drug-likeness (QED) is 0.464. The van der Waals surface area contributed by atoms with Crippen molar-refractivity contribution >= 4 is 11.9 Å². The average molecular weight is 372 g/mol. The lowest BCUT2D eigenvalue weighted by Crippen LogP contribution is -2.53. The summed E-state index contributed by atoms with van der Waals surface area (Å²) in [6.07, 6.45) is -7.55. The number of carbonyl (C=O) groups is 2. The van der Waals surface area contributed by atoms with Crippen LogP contribution in [0.25, 0.3) is 0 Å². The summed E-state index contributed by atoms with van der Waals surface area (Å²) >= 11 is 0. The molecule has 25 heavy (non-hydrogen) atoms. The Morgan fingerprint density at radius 1 is 1.36 bits per heavy atom. The first-order chi connectivity index (χ1) is 11.4. The molecule has 1 N–H and O–H groups in total. The molecule has 6 atom stereocenters. The van der Waals surface area contributed by atoms with Crippen molar-refractivity contribution in [3.63, 3.8) is 0 Å². The Kier molecular flexibility index (Phi) is 3.87. The Hall–Kier alpha value is -1.45. The SMILES string of the molecule is CC(C)C1C2CC3C(OC(=O)C31C(=O)OCC(F)(F)C(F)(F)F)C2O. The molecule has 142 valence electrons. The van der Waals surface area contributed by atoms with Crippen LogP contribution in [0, 0.1) is 29.1 Å². The van der Waals surface area contributed by atoms with Crippen LogP contribution in [0.5, 0.6) is 0 Å². The summed E-state index contributed by atoms with van der Waals surface area (Å²) in [5.74, 6) is -9.97. The number of fused-ring (bicyclic) bond motifs is 1. The second kappa shape index (κ2) is 5.28. The van der Waals surface area contributed by atoms with Crippen LogP contribution in [0.15, 0.2) is 0 Å². The Morgan fingerprint density at radius 2 is 1.96 bits per heavy atom. The van der Waals surface area contributed by atoms with Gasteiger partial charge in [-0.05, 0) is 24.2 Å². The van der Waals surface area contributed by atoms with Crippen LogP contribution in [0.3, 0.4) is 0 Å². The van der Waals surface area contributed by atoms with Crippen molar-refractivity contribution in [2.24, 2.45) is 29.1 Å². The first-order valence-electron chi connectivity index (χ1n) is 7.86. The largest absolute Gasteiger partial charge is 0.458 e. The molecular formula is C15H17F5O5. The van der Waals surface area contributed by atoms with Crippen molar-refractivity contribution in [3.05, 3.63) is 0 Å². The zero-order valence-electron chi connectivity index (χ0n) is 13.3. The predicted molar refractivity (Wildman–Crippen MR) is 70.2 cm³/mol. The molecular weight excluding hydrogens is 355 g/mol. The number of alkyl halides is 5. The molecule has 1 heterocycles. The van der Waals surface area contributed by atoms with Gasteiger partial charge in [-0.3, -0.25) is 9.59 Å². The molecule has 3 rings (SSSR count). The van der Waals surface area contributed by atoms with Crippen molar-refractivity contribution in [2.45, 2.75) is 44.6 Å². The maximum absolute atomic E-state index is 13.1. The third-order valence-electron chi connectivity index (χ3n) is 5.71. The molecule has 1 aliphatic heterocycles. The molecule has 0 spiro atoms. The lowest BCUT2D eigenvalue weighted by molar-refractivity contribution is -0.295. The third-order valence-corrected chi connectivity index (χ3v) is 5.71. The smallest absolute Gasteiger partial charge is 0.456 e. The number of esters is 2. The molecule has 2 saturated carbocycles. The standard InChI is InChI=1S/C15H17F5O5/c1-5(2)8-6-3-7-10(9(6)21)25-12(23)14(7,8)11(22)24-4-13(16,17)15(18,19)20/h5-10,21H,3-4H2,1-2H3. The lowest BCUT2D eigenvalue weighted by Gasteiger charge is -2.38. The van der Waals surface area contributed by atoms with E-state index in [1.807, 2.05) is 0 Å². The van der Waals surface area contributed by atoms with Gasteiger partial charge in [-0.15, -0.1) is 0 Å². The summed E-state index contributed by atoms with van der Waals surface area (Å²) in [6.45, 7) is 1.16. The number of hydrogen-bond acceptors (Lipinski definition) is 5. The molecule has 6 unspecified atom stereocenters. The lowest BCUT2D eigenvalue weighted by atomic mass is 9.62. The molecule has 3 aliphatic rings. The van der Waals surface area contributed by atoms with E-state index in [1.54, 1.807) is 13.8 Å². The van der Waals surface area contributed by atoms with E-state index in [2.05, 4.69) is 4.74 Å². The summed E-state index contributed by atoms with van der Waals surface area (Å²) in [6, 6.07) is 0. The van der Waals surface area contributed by atoms with Gasteiger partial charge in [-0.1, -0.05) is 13.8 Å². The van der Waals surface area contributed by atoms with Gasteiger partial charge in [-0.25, -0.2) is 0 Å². The predicted octanol–water partition coefficient (Wildman–Crippen LogP) is 1.92. The molecule has 10 heteroatoms. The summed E-state index contributed by atoms with van der Waals surface area (Å²) in [7, 11) is 0. The van der Waals surface area contributed by atoms with Gasteiger partial charge in [0.2, 0.25) is 0 Å². The van der Waals surface area contributed by atoms with Gasteiger partial charge in [0.05, 0.1) is 6.10 Å². The highest BCUT2D eigenvalue weighted by Gasteiger charge is 2.79. The van der Waals surface area contributed by atoms with Gasteiger partial charge >= 0.3 is 24.0 Å². The van der Waals surface area contributed by atoms with Crippen molar-refractivity contribution in [3.8, 4) is 0 Å². The van der Waals surface area contributed by atoms with E-state index in [0.29, 0.717) is 0 Å². The normalized spacial score (nSPS) is 39.9. The fourth-order valence-corrected chi connectivity index (χ4v) is 4.85. The van der Waals surface area contributed by atoms with E-state index in [9.17, 15) is 36.6 Å². The zero-order chi connectivity index (χ0) is 18.9. The van der Waals surface area contributed by atoms with Crippen LogP contribution in [0.2, 0.25) is 0 Å². The maximum atomic E-state index is 13.1. The van der Waals surface area contributed by atoms with Gasteiger partial charge in [0.25, 0.3) is 0 Å². The number of ether oxygens (including phenoxy) is 2. The minimum atomic E-state index is -5.87. The van der Waals surface area contributed by atoms with Crippen LogP contribution in [-0.2, 0) is 19.1 Å². The molecule has 0 amide bonds. The highest BCUT2D eigenvalue weighted by atomic mass is 19.4. The van der Waals surface area contributed by atoms with E-state index < -0.39 is 66.0 Å². The molecule has 2 aliphatic carbocycles. The molecule has 1 saturated heterocycles. The molecule has 5 nitrogen and oxygen atoms in total. The molecule has 0 aromatic carbocycles. The second-order valence-electron chi connectivity index (χ2n) is 7.28. The van der Waals surface area contributed by atoms with Crippen LogP contribution in [0.1, 0.15) is 20.3 Å². The zero-order valence-corrected chi connectivity index (χ0v) is 13.3. The van der Waals surface area contributed by atoms with Crippen molar-refractivity contribution in [1.82, 2.24) is 0 Å². The molecule has 3 fully saturated rings. The molecule has 0 aromatic heterocycles. The van der Waals surface area contributed by atoms with E-state index in [1.165, 1.54) is 0 Å². The second-order valence-corrected chi connectivity index (χ2v) is 7.28. The van der Waals surface area contributed by atoms with Crippen LogP contribution >= 0.6 is 0 Å². The highest BCUT2D eigenvalue weighted by molar-refractivity contribution is 6.03. The number of halogens is 5. The first-order valence-corrected chi connectivity index (χ1v) is 7.86. The number of rotatable bonds is 4. The third kappa shape index (κ3) is 2.22. The van der Waals surface area contributed by atoms with E-state index in [0.717, 1.165) is 0 Å². The Balaban J connectivity index is 1.89. The number of carbonyl (C=O) groups excluding carboxylic acids is 2. The van der Waals surface area contributed by atoms with Crippen LogP contribution in [-0.4, -0.2) is 48.0 Å². The highest BCUT2D eigenvalue weighted by Crippen LogP contribution is 2.67.